The third-order valence-electron chi connectivity index (χ3n) is 3.48. The van der Waals surface area contributed by atoms with Crippen molar-refractivity contribution in [2.75, 3.05) is 7.05 Å². The first-order chi connectivity index (χ1) is 9.85. The zero-order valence-corrected chi connectivity index (χ0v) is 11.6. The Morgan fingerprint density at radius 2 is 2.00 bits per heavy atom. The zero-order chi connectivity index (χ0) is 13.9. The second kappa shape index (κ2) is 5.38. The lowest BCUT2D eigenvalue weighted by atomic mass is 10.0. The van der Waals surface area contributed by atoms with Crippen LogP contribution in [0, 0.1) is 0 Å². The van der Waals surface area contributed by atoms with E-state index in [9.17, 15) is 0 Å². The highest BCUT2D eigenvalue weighted by molar-refractivity contribution is 5.78. The average Bonchev–Trinajstić information content (AvgIpc) is 2.97. The minimum atomic E-state index is 0.00495. The number of nitrogens with zero attached hydrogens (tertiary/aromatic N) is 4. The number of hydrogen-bond acceptors (Lipinski definition) is 4. The van der Waals surface area contributed by atoms with Crippen LogP contribution in [-0.2, 0) is 6.54 Å². The van der Waals surface area contributed by atoms with Crippen LogP contribution < -0.4 is 5.32 Å². The Morgan fingerprint density at radius 1 is 1.15 bits per heavy atom. The van der Waals surface area contributed by atoms with Gasteiger partial charge in [-0.15, -0.1) is 0 Å². The summed E-state index contributed by atoms with van der Waals surface area (Å²) in [6.45, 7) is 3.00. The van der Waals surface area contributed by atoms with Crippen LogP contribution in [0.15, 0.2) is 43.0 Å². The number of rotatable bonds is 4. The van der Waals surface area contributed by atoms with E-state index in [-0.39, 0.29) is 6.04 Å². The predicted molar refractivity (Wildman–Crippen MR) is 78.3 cm³/mol. The fourth-order valence-corrected chi connectivity index (χ4v) is 2.52. The quantitative estimate of drug-likeness (QED) is 0.787. The van der Waals surface area contributed by atoms with Crippen molar-refractivity contribution in [1.82, 2.24) is 24.8 Å². The van der Waals surface area contributed by atoms with Gasteiger partial charge in [-0.2, -0.15) is 0 Å². The standard InChI is InChI=1S/C15H17N5/c1-3-20-10-9-19-15(20)14(16-2)11-5-4-6-12-13(11)18-8-7-17-12/h4-10,14,16H,3H2,1-2H3. The highest BCUT2D eigenvalue weighted by Gasteiger charge is 2.19. The Labute approximate surface area is 117 Å². The van der Waals surface area contributed by atoms with Gasteiger partial charge < -0.3 is 9.88 Å². The van der Waals surface area contributed by atoms with Crippen molar-refractivity contribution in [3.8, 4) is 0 Å². The highest BCUT2D eigenvalue weighted by Crippen LogP contribution is 2.25. The molecule has 1 N–H and O–H groups in total. The van der Waals surface area contributed by atoms with Gasteiger partial charge in [-0.3, -0.25) is 9.97 Å². The average molecular weight is 267 g/mol. The molecule has 0 spiro atoms. The molecule has 5 heteroatoms. The molecule has 0 aliphatic heterocycles. The molecule has 5 nitrogen and oxygen atoms in total. The van der Waals surface area contributed by atoms with Crippen molar-refractivity contribution in [2.45, 2.75) is 19.5 Å². The van der Waals surface area contributed by atoms with Crippen LogP contribution in [0.5, 0.6) is 0 Å². The Hall–Kier alpha value is -2.27. The Morgan fingerprint density at radius 3 is 2.80 bits per heavy atom. The third-order valence-corrected chi connectivity index (χ3v) is 3.48. The van der Waals surface area contributed by atoms with Gasteiger partial charge in [-0.25, -0.2) is 4.98 Å². The molecular weight excluding hydrogens is 250 g/mol. The Balaban J connectivity index is 2.17. The fourth-order valence-electron chi connectivity index (χ4n) is 2.52. The van der Waals surface area contributed by atoms with Crippen LogP contribution in [-0.4, -0.2) is 26.6 Å². The first kappa shape index (κ1) is 12.7. The number of aromatic nitrogens is 4. The van der Waals surface area contributed by atoms with Gasteiger partial charge in [0.05, 0.1) is 17.1 Å². The second-order valence-electron chi connectivity index (χ2n) is 4.56. The van der Waals surface area contributed by atoms with Gasteiger partial charge in [0.1, 0.15) is 5.82 Å². The van der Waals surface area contributed by atoms with Crippen molar-refractivity contribution in [3.05, 3.63) is 54.4 Å². The summed E-state index contributed by atoms with van der Waals surface area (Å²) in [6, 6.07) is 6.07. The summed E-state index contributed by atoms with van der Waals surface area (Å²) in [5.41, 5.74) is 2.92. The summed E-state index contributed by atoms with van der Waals surface area (Å²) >= 11 is 0. The van der Waals surface area contributed by atoms with E-state index < -0.39 is 0 Å². The van der Waals surface area contributed by atoms with Crippen molar-refractivity contribution >= 4 is 11.0 Å². The summed E-state index contributed by atoms with van der Waals surface area (Å²) in [5, 5.41) is 3.34. The Kier molecular flexibility index (Phi) is 3.43. The molecule has 0 radical (unpaired) electrons. The molecule has 0 saturated carbocycles. The summed E-state index contributed by atoms with van der Waals surface area (Å²) in [5.74, 6) is 0.994. The molecule has 1 aromatic carbocycles. The van der Waals surface area contributed by atoms with E-state index in [0.29, 0.717) is 0 Å². The van der Waals surface area contributed by atoms with Crippen LogP contribution in [0.3, 0.4) is 0 Å². The number of hydrogen-bond donors (Lipinski definition) is 1. The molecule has 102 valence electrons. The van der Waals surface area contributed by atoms with Crippen LogP contribution in [0.4, 0.5) is 0 Å². The van der Waals surface area contributed by atoms with Crippen molar-refractivity contribution < 1.29 is 0 Å². The van der Waals surface area contributed by atoms with Gasteiger partial charge in [-0.05, 0) is 20.0 Å². The van der Waals surface area contributed by atoms with Gasteiger partial charge >= 0.3 is 0 Å². The van der Waals surface area contributed by atoms with E-state index in [4.69, 9.17) is 0 Å². The highest BCUT2D eigenvalue weighted by atomic mass is 15.1. The van der Waals surface area contributed by atoms with E-state index in [1.807, 2.05) is 31.6 Å². The summed E-state index contributed by atoms with van der Waals surface area (Å²) in [4.78, 5) is 13.3. The lowest BCUT2D eigenvalue weighted by Gasteiger charge is -2.18. The summed E-state index contributed by atoms with van der Waals surface area (Å²) in [7, 11) is 1.94. The number of aryl methyl sites for hydroxylation is 1. The molecule has 0 saturated heterocycles. The van der Waals surface area contributed by atoms with E-state index in [1.165, 1.54) is 0 Å². The maximum atomic E-state index is 4.49. The van der Waals surface area contributed by atoms with Crippen molar-refractivity contribution in [1.29, 1.82) is 0 Å². The molecule has 0 fully saturated rings. The van der Waals surface area contributed by atoms with Gasteiger partial charge in [0.15, 0.2) is 0 Å². The summed E-state index contributed by atoms with van der Waals surface area (Å²) < 4.78 is 2.14. The molecule has 0 aliphatic carbocycles. The smallest absolute Gasteiger partial charge is 0.130 e. The van der Waals surface area contributed by atoms with Crippen molar-refractivity contribution in [3.63, 3.8) is 0 Å². The van der Waals surface area contributed by atoms with E-state index in [2.05, 4.69) is 37.8 Å². The minimum absolute atomic E-state index is 0.00495. The molecule has 1 unspecified atom stereocenters. The fraction of sp³-hybridized carbons (Fsp3) is 0.267. The molecule has 0 amide bonds. The maximum absolute atomic E-state index is 4.49. The van der Waals surface area contributed by atoms with Gasteiger partial charge in [0.2, 0.25) is 0 Å². The number of benzene rings is 1. The molecule has 20 heavy (non-hydrogen) atoms. The summed E-state index contributed by atoms with van der Waals surface area (Å²) in [6.07, 6.45) is 7.27. The van der Waals surface area contributed by atoms with Gasteiger partial charge in [0.25, 0.3) is 0 Å². The maximum Gasteiger partial charge on any atom is 0.130 e. The largest absolute Gasteiger partial charge is 0.334 e. The first-order valence-electron chi connectivity index (χ1n) is 6.73. The normalized spacial score (nSPS) is 12.7. The number of nitrogens with one attached hydrogen (secondary N) is 1. The number of fused-ring (bicyclic) bond motifs is 1. The predicted octanol–water partition coefficient (Wildman–Crippen LogP) is 2.16. The van der Waals surface area contributed by atoms with Crippen LogP contribution >= 0.6 is 0 Å². The van der Waals surface area contributed by atoms with E-state index >= 15 is 0 Å². The van der Waals surface area contributed by atoms with Crippen molar-refractivity contribution in [2.24, 2.45) is 0 Å². The third kappa shape index (κ3) is 2.06. The monoisotopic (exact) mass is 267 g/mol. The van der Waals surface area contributed by atoms with Gasteiger partial charge in [-0.1, -0.05) is 12.1 Å². The molecule has 2 heterocycles. The molecular formula is C15H17N5. The van der Waals surface area contributed by atoms with E-state index in [1.54, 1.807) is 12.4 Å². The molecule has 0 aliphatic rings. The number of imidazole rings is 1. The minimum Gasteiger partial charge on any atom is -0.334 e. The van der Waals surface area contributed by atoms with Crippen LogP contribution in [0.2, 0.25) is 0 Å². The molecule has 0 bridgehead atoms. The first-order valence-corrected chi connectivity index (χ1v) is 6.73. The lowest BCUT2D eigenvalue weighted by molar-refractivity contribution is 0.592. The van der Waals surface area contributed by atoms with Crippen LogP contribution in [0.1, 0.15) is 24.4 Å². The van der Waals surface area contributed by atoms with Crippen LogP contribution in [0.25, 0.3) is 11.0 Å². The number of para-hydroxylation sites is 1. The molecule has 2 aromatic heterocycles. The molecule has 1 atom stereocenters. The Bertz CT molecular complexity index is 714. The lowest BCUT2D eigenvalue weighted by Crippen LogP contribution is -2.22. The van der Waals surface area contributed by atoms with Gasteiger partial charge in [0, 0.05) is 36.9 Å². The zero-order valence-electron chi connectivity index (χ0n) is 11.6. The topological polar surface area (TPSA) is 55.6 Å². The van der Waals surface area contributed by atoms with E-state index in [0.717, 1.165) is 29.0 Å². The molecule has 3 aromatic rings. The second-order valence-corrected chi connectivity index (χ2v) is 4.56. The SMILES string of the molecule is CCn1ccnc1C(NC)c1cccc2nccnc12. The molecule has 3 rings (SSSR count).